The normalized spacial score (nSPS) is 12.0. The largest absolute Gasteiger partial charge is 0.388 e. The van der Waals surface area contributed by atoms with Crippen LogP contribution >= 0.6 is 47.8 Å². The van der Waals surface area contributed by atoms with Crippen molar-refractivity contribution < 1.29 is 28.2 Å². The SMILES string of the molecule is N=C(CO)N(COCO)C(=O)c1ccccc1S(=O)(=O)C(Br)(Br)Br. The molecule has 1 rings (SSSR count). The highest BCUT2D eigenvalue weighted by Gasteiger charge is 2.40. The number of aliphatic hydroxyl groups is 2. The number of carbonyl (C=O) groups excluding carboxylic acids is 1. The second-order valence-corrected chi connectivity index (χ2v) is 14.6. The van der Waals surface area contributed by atoms with E-state index in [1.807, 2.05) is 0 Å². The molecule has 3 N–H and O–H groups in total. The summed E-state index contributed by atoms with van der Waals surface area (Å²) in [5.74, 6) is -1.39. The van der Waals surface area contributed by atoms with E-state index >= 15 is 0 Å². The number of sulfone groups is 1. The van der Waals surface area contributed by atoms with E-state index in [4.69, 9.17) is 15.6 Å². The van der Waals surface area contributed by atoms with Gasteiger partial charge in [-0.2, -0.15) is 0 Å². The van der Waals surface area contributed by atoms with Crippen LogP contribution in [0.2, 0.25) is 0 Å². The van der Waals surface area contributed by atoms with Crippen LogP contribution in [0.15, 0.2) is 29.2 Å². The van der Waals surface area contributed by atoms with Gasteiger partial charge in [-0.3, -0.25) is 15.1 Å². The molecule has 0 aliphatic heterocycles. The summed E-state index contributed by atoms with van der Waals surface area (Å²) >= 11 is 8.77. The van der Waals surface area contributed by atoms with Gasteiger partial charge in [0, 0.05) is 0 Å². The zero-order valence-corrected chi connectivity index (χ0v) is 17.5. The van der Waals surface area contributed by atoms with E-state index < -0.39 is 43.2 Å². The van der Waals surface area contributed by atoms with Gasteiger partial charge in [0.25, 0.3) is 5.91 Å². The van der Waals surface area contributed by atoms with Crippen LogP contribution < -0.4 is 0 Å². The number of carbonyl (C=O) groups is 1. The standard InChI is InChI=1S/C12H13Br3N2O6S/c13-12(14,15)24(21,22)9-4-2-1-3-8(9)11(20)17(6-23-7-19)10(16)5-18/h1-4,16,18-19H,5-7H2. The van der Waals surface area contributed by atoms with Crippen LogP contribution in [-0.2, 0) is 14.6 Å². The quantitative estimate of drug-likeness (QED) is 0.213. The molecule has 0 fully saturated rings. The van der Waals surface area contributed by atoms with Crippen LogP contribution in [0.25, 0.3) is 0 Å². The van der Waals surface area contributed by atoms with Gasteiger partial charge in [-0.05, 0) is 59.9 Å². The van der Waals surface area contributed by atoms with Crippen LogP contribution in [0.5, 0.6) is 0 Å². The van der Waals surface area contributed by atoms with Crippen LogP contribution in [0, 0.1) is 5.41 Å². The van der Waals surface area contributed by atoms with Crippen molar-refractivity contribution in [2.45, 2.75) is 6.37 Å². The molecule has 0 atom stereocenters. The number of nitrogens with zero attached hydrogens (tertiary/aromatic N) is 1. The van der Waals surface area contributed by atoms with E-state index in [0.717, 1.165) is 0 Å². The van der Waals surface area contributed by atoms with E-state index in [1.54, 1.807) is 0 Å². The number of alkyl halides is 3. The molecule has 0 bridgehead atoms. The molecule has 1 aromatic carbocycles. The van der Waals surface area contributed by atoms with Gasteiger partial charge >= 0.3 is 0 Å². The van der Waals surface area contributed by atoms with Crippen molar-refractivity contribution in [2.75, 3.05) is 20.1 Å². The van der Waals surface area contributed by atoms with Gasteiger partial charge in [-0.25, -0.2) is 8.42 Å². The molecule has 24 heavy (non-hydrogen) atoms. The first-order chi connectivity index (χ1) is 11.1. The molecular formula is C12H13Br3N2O6S. The third kappa shape index (κ3) is 4.84. The molecule has 0 spiro atoms. The van der Waals surface area contributed by atoms with Crippen LogP contribution in [0.3, 0.4) is 0 Å². The third-order valence-corrected chi connectivity index (χ3v) is 8.12. The Balaban J connectivity index is 3.41. The summed E-state index contributed by atoms with van der Waals surface area (Å²) in [5.41, 5.74) is -0.222. The van der Waals surface area contributed by atoms with Gasteiger partial charge in [0.05, 0.1) is 10.5 Å². The molecule has 12 heteroatoms. The average molecular weight is 553 g/mol. The predicted molar refractivity (Wildman–Crippen MR) is 97.2 cm³/mol. The lowest BCUT2D eigenvalue weighted by molar-refractivity contribution is -0.0321. The summed E-state index contributed by atoms with van der Waals surface area (Å²) in [6.07, 6.45) is 0. The molecule has 0 aliphatic rings. The Labute approximate surface area is 163 Å². The number of amides is 1. The lowest BCUT2D eigenvalue weighted by atomic mass is 10.2. The van der Waals surface area contributed by atoms with Gasteiger partial charge in [0.1, 0.15) is 26.0 Å². The van der Waals surface area contributed by atoms with E-state index in [1.165, 1.54) is 24.3 Å². The number of hydrogen-bond acceptors (Lipinski definition) is 7. The highest BCUT2D eigenvalue weighted by Crippen LogP contribution is 2.44. The fourth-order valence-corrected chi connectivity index (χ4v) is 4.15. The topological polar surface area (TPSA) is 128 Å². The number of halogens is 3. The minimum Gasteiger partial charge on any atom is -0.388 e. The summed E-state index contributed by atoms with van der Waals surface area (Å²) in [4.78, 5) is 13.1. The zero-order valence-electron chi connectivity index (χ0n) is 11.9. The van der Waals surface area contributed by atoms with E-state index in [9.17, 15) is 13.2 Å². The van der Waals surface area contributed by atoms with Gasteiger partial charge in [0.2, 0.25) is 11.3 Å². The number of rotatable bonds is 6. The van der Waals surface area contributed by atoms with Crippen molar-refractivity contribution in [3.05, 3.63) is 29.8 Å². The Hall–Kier alpha value is -0.370. The smallest absolute Gasteiger partial charge is 0.262 e. The molecule has 0 radical (unpaired) electrons. The first-order valence-corrected chi connectivity index (χ1v) is 10.0. The van der Waals surface area contributed by atoms with E-state index in [0.29, 0.717) is 4.90 Å². The maximum Gasteiger partial charge on any atom is 0.262 e. The Bertz CT molecular complexity index is 720. The molecular weight excluding hydrogens is 540 g/mol. The predicted octanol–water partition coefficient (Wildman–Crippen LogP) is 1.59. The Kier molecular flexibility index (Phi) is 7.97. The number of benzene rings is 1. The number of aliphatic hydroxyl groups excluding tert-OH is 2. The van der Waals surface area contributed by atoms with Crippen molar-refractivity contribution >= 4 is 69.4 Å². The number of ether oxygens (including phenoxy) is 1. The Morgan fingerprint density at radius 3 is 2.33 bits per heavy atom. The highest BCUT2D eigenvalue weighted by atomic mass is 80.0. The lowest BCUT2D eigenvalue weighted by Gasteiger charge is -2.23. The molecule has 0 unspecified atom stereocenters. The second-order valence-electron chi connectivity index (χ2n) is 4.25. The second kappa shape index (κ2) is 8.83. The van der Waals surface area contributed by atoms with Gasteiger partial charge < -0.3 is 14.9 Å². The van der Waals surface area contributed by atoms with Gasteiger partial charge in [0.15, 0.2) is 0 Å². The van der Waals surface area contributed by atoms with Crippen molar-refractivity contribution in [3.63, 3.8) is 0 Å². The molecule has 0 heterocycles. The maximum atomic E-state index is 12.6. The Morgan fingerprint density at radius 2 is 1.83 bits per heavy atom. The average Bonchev–Trinajstić information content (AvgIpc) is 2.53. The molecule has 0 aromatic heterocycles. The van der Waals surface area contributed by atoms with Crippen molar-refractivity contribution in [1.29, 1.82) is 5.41 Å². The zero-order chi connectivity index (χ0) is 18.5. The minimum atomic E-state index is -4.06. The summed E-state index contributed by atoms with van der Waals surface area (Å²) in [6.45, 7) is -2.00. The Morgan fingerprint density at radius 1 is 1.25 bits per heavy atom. The number of hydrogen-bond donors (Lipinski definition) is 3. The summed E-state index contributed by atoms with van der Waals surface area (Å²) in [5, 5.41) is 25.4. The number of amidine groups is 1. The molecule has 0 saturated carbocycles. The van der Waals surface area contributed by atoms with Crippen molar-refractivity contribution in [1.82, 2.24) is 4.90 Å². The molecule has 0 saturated heterocycles. The van der Waals surface area contributed by atoms with Crippen LogP contribution in [0.1, 0.15) is 10.4 Å². The van der Waals surface area contributed by atoms with Crippen molar-refractivity contribution in [2.24, 2.45) is 0 Å². The molecule has 1 aromatic rings. The number of nitrogens with one attached hydrogen (secondary N) is 1. The first-order valence-electron chi connectivity index (χ1n) is 6.17. The fourth-order valence-electron chi connectivity index (χ4n) is 1.62. The highest BCUT2D eigenvalue weighted by molar-refractivity contribution is 9.42. The molecule has 134 valence electrons. The van der Waals surface area contributed by atoms with E-state index in [2.05, 4.69) is 52.5 Å². The van der Waals surface area contributed by atoms with Crippen LogP contribution in [0.4, 0.5) is 0 Å². The summed E-state index contributed by atoms with van der Waals surface area (Å²) in [6, 6.07) is 5.39. The molecule has 0 aliphatic carbocycles. The minimum absolute atomic E-state index is 0.222. The fraction of sp³-hybridized carbons (Fsp3) is 0.333. The molecule has 8 nitrogen and oxygen atoms in total. The van der Waals surface area contributed by atoms with Crippen LogP contribution in [-0.4, -0.2) is 56.9 Å². The van der Waals surface area contributed by atoms with Gasteiger partial charge in [-0.1, -0.05) is 12.1 Å². The maximum absolute atomic E-state index is 12.6. The van der Waals surface area contributed by atoms with Gasteiger partial charge in [-0.15, -0.1) is 0 Å². The molecule has 1 amide bonds. The summed E-state index contributed by atoms with van der Waals surface area (Å²) < 4.78 is 28.1. The third-order valence-electron chi connectivity index (χ3n) is 2.74. The van der Waals surface area contributed by atoms with E-state index in [-0.39, 0.29) is 10.5 Å². The monoisotopic (exact) mass is 550 g/mol. The lowest BCUT2D eigenvalue weighted by Crippen LogP contribution is -2.40. The summed E-state index contributed by atoms with van der Waals surface area (Å²) in [7, 11) is -4.06. The first kappa shape index (κ1) is 21.7. The van der Waals surface area contributed by atoms with Crippen molar-refractivity contribution in [3.8, 4) is 0 Å².